The van der Waals surface area contributed by atoms with Crippen LogP contribution in [-0.2, 0) is 119 Å². The van der Waals surface area contributed by atoms with Gasteiger partial charge in [0.2, 0.25) is 23.6 Å². The van der Waals surface area contributed by atoms with Gasteiger partial charge in [0.05, 0.1) is 96.8 Å². The molecule has 0 saturated carbocycles. The molecule has 10 heterocycles. The minimum atomic E-state index is -2.66. The van der Waals surface area contributed by atoms with E-state index in [0.29, 0.717) is 0 Å². The summed E-state index contributed by atoms with van der Waals surface area (Å²) < 4.78 is 119. The number of amides is 4. The van der Waals surface area contributed by atoms with E-state index in [1.807, 2.05) is 0 Å². The minimum Gasteiger partial charge on any atom is -0.410 e. The van der Waals surface area contributed by atoms with Crippen LogP contribution >= 0.6 is 0 Å². The predicted octanol–water partition coefficient (Wildman–Crippen LogP) is -20.6. The van der Waals surface area contributed by atoms with Crippen molar-refractivity contribution in [2.75, 3.05) is 66.1 Å². The van der Waals surface area contributed by atoms with E-state index in [1.165, 1.54) is 13.8 Å². The molecule has 0 aromatic carbocycles. The topological polar surface area (TPSA) is 864 Å². The molecule has 4 amide bonds. The fourth-order valence-corrected chi connectivity index (χ4v) is 16.9. The number of carbonyl (C=O) groups is 5. The van der Waals surface area contributed by atoms with E-state index in [1.54, 1.807) is 0 Å². The fraction of sp³-hybridized carbons (Fsp3) is 0.932. The minimum absolute atomic E-state index is 0.192. The lowest BCUT2D eigenvalue weighted by molar-refractivity contribution is -0.424. The quantitative estimate of drug-likeness (QED) is 0.0205. The molecule has 10 fully saturated rings. The van der Waals surface area contributed by atoms with E-state index < -0.39 is 408 Å². The van der Waals surface area contributed by atoms with Gasteiger partial charge in [-0.2, -0.15) is 0 Å². The number of aliphatic hydroxyl groups is 27. The van der Waals surface area contributed by atoms with Crippen molar-refractivity contribution < 1.29 is 257 Å². The molecule has 56 heteroatoms. The number of ether oxygens (including phenoxy) is 20. The van der Waals surface area contributed by atoms with E-state index in [0.717, 1.165) is 27.7 Å². The Labute approximate surface area is 732 Å². The van der Waals surface area contributed by atoms with E-state index in [4.69, 9.17) is 94.7 Å². The predicted molar refractivity (Wildman–Crippen MR) is 399 cm³/mol. The van der Waals surface area contributed by atoms with Crippen LogP contribution in [0.5, 0.6) is 0 Å². The van der Waals surface area contributed by atoms with Gasteiger partial charge in [-0.3, -0.25) is 24.0 Å². The average molecular weight is 1890 g/mol. The molecular weight excluding hydrogens is 1760 g/mol. The summed E-state index contributed by atoms with van der Waals surface area (Å²) >= 11 is 0. The second-order valence-corrected chi connectivity index (χ2v) is 33.0. The van der Waals surface area contributed by atoms with Crippen molar-refractivity contribution in [3.05, 3.63) is 0 Å². The van der Waals surface area contributed by atoms with Gasteiger partial charge in [0.1, 0.15) is 226 Å². The van der Waals surface area contributed by atoms with Crippen molar-refractivity contribution in [1.82, 2.24) is 21.3 Å². The maximum absolute atomic E-state index is 13.2. The standard InChI is InChI=1S/C73H122N4O52/c1-19-25(91)7-73(112-18-86,129-57(19)40(93)26(92)8-78)111-17-35-44(97)51(104)55(108)69(121-35)124-60-32(14-84)118-66(38(48(60)101)76-23(5)89)127-63-52(105)42(95)28(10-80)115-71(63)110-16-34-45(98)62(56(109)70(120-34)125-61-33(15-85)117-65(37(47(61)100)75-22(4)88)122-58-30(12-82)113-20(2)36(46(58)99)74-21(3)87)126-72-64(53(106)43(96)29(11-81)116-72)128-67-39(77-24(6)90)49(102)59(31(13-83)119-67)123-68-54(107)50(103)41(94)27(9-79)114-68/h18-20,25-72,78-85,91-109H,7-17H2,1-6H3,(H,74,87)(H,75,88)(H,76,89)(H,77,90)/t19-,20+,25-,26?,27?,28?,29?,30?,31?,32+,33?,34?,35?,36?,37?,38?,39?,40?,41+,42-,43-,44+,45-,46-,47-,48?,49-,50+,51+,52+,53?,54?,55?,56?,57?,58-,59-,60-,61-,62+,63?,64?,65+,66+,67+,68+,69+,70+,71+,72-,73+/m1/s1. The summed E-state index contributed by atoms with van der Waals surface area (Å²) in [7, 11) is 0. The van der Waals surface area contributed by atoms with E-state index in [2.05, 4.69) is 21.3 Å². The van der Waals surface area contributed by atoms with Crippen LogP contribution in [0.4, 0.5) is 0 Å². The van der Waals surface area contributed by atoms with Crippen molar-refractivity contribution >= 4 is 30.1 Å². The van der Waals surface area contributed by atoms with Crippen LogP contribution in [0, 0.1) is 5.92 Å². The second-order valence-electron chi connectivity index (χ2n) is 33.0. The molecule has 746 valence electrons. The van der Waals surface area contributed by atoms with Crippen molar-refractivity contribution in [3.63, 3.8) is 0 Å². The second kappa shape index (κ2) is 46.6. The van der Waals surface area contributed by atoms with Gasteiger partial charge in [0.15, 0.2) is 50.3 Å². The average Bonchev–Trinajstić information content (AvgIpc) is 0.804. The molecule has 10 saturated heterocycles. The molecule has 0 aromatic rings. The maximum atomic E-state index is 13.2. The van der Waals surface area contributed by atoms with Crippen LogP contribution in [0.15, 0.2) is 0 Å². The molecular formula is C73H122N4O52. The Hall–Kier alpha value is -4.49. The Morgan fingerprint density at radius 1 is 0.349 bits per heavy atom. The normalized spacial score (nSPS) is 48.1. The molecule has 10 aliphatic rings. The highest BCUT2D eigenvalue weighted by atomic mass is 16.9. The molecule has 22 unspecified atom stereocenters. The third-order valence-electron chi connectivity index (χ3n) is 24.0. The Morgan fingerprint density at radius 3 is 1.07 bits per heavy atom. The summed E-state index contributed by atoms with van der Waals surface area (Å²) in [5.74, 6) is -7.25. The van der Waals surface area contributed by atoms with Gasteiger partial charge in [0, 0.05) is 33.6 Å². The molecule has 51 atom stereocenters. The smallest absolute Gasteiger partial charge is 0.332 e. The lowest BCUT2D eigenvalue weighted by atomic mass is 9.87. The maximum Gasteiger partial charge on any atom is 0.332 e. The van der Waals surface area contributed by atoms with Gasteiger partial charge < -0.3 is 254 Å². The molecule has 0 aliphatic carbocycles. The fourth-order valence-electron chi connectivity index (χ4n) is 16.9. The van der Waals surface area contributed by atoms with Crippen LogP contribution in [0.2, 0.25) is 0 Å². The zero-order valence-electron chi connectivity index (χ0n) is 70.0. The first-order chi connectivity index (χ1) is 61.0. The number of hydrogen-bond donors (Lipinski definition) is 31. The molecule has 0 spiro atoms. The Balaban J connectivity index is 0.954. The first kappa shape index (κ1) is 107. The molecule has 129 heavy (non-hydrogen) atoms. The molecule has 10 rings (SSSR count). The van der Waals surface area contributed by atoms with Gasteiger partial charge in [-0.05, 0) is 6.92 Å². The lowest BCUT2D eigenvalue weighted by Gasteiger charge is -2.51. The van der Waals surface area contributed by atoms with Gasteiger partial charge >= 0.3 is 5.97 Å². The van der Waals surface area contributed by atoms with Crippen molar-refractivity contribution in [1.29, 1.82) is 0 Å². The summed E-state index contributed by atoms with van der Waals surface area (Å²) in [4.78, 5) is 63.5. The van der Waals surface area contributed by atoms with Gasteiger partial charge in [-0.1, -0.05) is 6.92 Å². The summed E-state index contributed by atoms with van der Waals surface area (Å²) in [5.41, 5.74) is 0. The summed E-state index contributed by atoms with van der Waals surface area (Å²) in [6.07, 6.45) is -93.9. The number of hydrogen-bond acceptors (Lipinski definition) is 52. The number of rotatable bonds is 36. The highest BCUT2D eigenvalue weighted by Crippen LogP contribution is 2.43. The highest BCUT2D eigenvalue weighted by molar-refractivity contribution is 5.74. The van der Waals surface area contributed by atoms with Crippen molar-refractivity contribution in [2.45, 2.75) is 354 Å². The van der Waals surface area contributed by atoms with Crippen LogP contribution < -0.4 is 21.3 Å². The van der Waals surface area contributed by atoms with Gasteiger partial charge in [-0.25, -0.2) is 0 Å². The zero-order valence-corrected chi connectivity index (χ0v) is 70.0. The third-order valence-corrected chi connectivity index (χ3v) is 24.0. The molecule has 0 radical (unpaired) electrons. The largest absolute Gasteiger partial charge is 0.410 e. The van der Waals surface area contributed by atoms with Gasteiger partial charge in [0.25, 0.3) is 6.47 Å². The Bertz CT molecular complexity index is 3520. The van der Waals surface area contributed by atoms with Crippen LogP contribution in [0.1, 0.15) is 48.0 Å². The monoisotopic (exact) mass is 1890 g/mol. The number of nitrogens with one attached hydrogen (secondary N) is 4. The van der Waals surface area contributed by atoms with E-state index >= 15 is 0 Å². The van der Waals surface area contributed by atoms with Crippen molar-refractivity contribution in [3.8, 4) is 0 Å². The summed E-state index contributed by atoms with van der Waals surface area (Å²) in [6, 6.07) is -7.13. The third kappa shape index (κ3) is 23.9. The Morgan fingerprint density at radius 2 is 0.667 bits per heavy atom. The molecule has 31 N–H and O–H groups in total. The van der Waals surface area contributed by atoms with E-state index in [-0.39, 0.29) is 6.47 Å². The molecule has 56 nitrogen and oxygen atoms in total. The SMILES string of the molecule is CC(=O)NC1C(O)[C@H](O[C@@H]2OC(CO[C@]3(OC=O)C[C@@H](O)[C@@H](C)C(C(O)C(O)CO)O3)[C@H](O)[C@H](O)C2O)[C@H](CO)O[C@H]1OC1[C@@H](OCC2O[C@@H](O[C@@H]3C(CO)O[C@@H](O[C@@H]4C(CO)O[C@@H](C)C(NC(C)=O)[C@H]4O)C(NC(C)=O)[C@H]3O)C(O)[C@@H](O[C@H]3OC(CO)[C@@H](O)C(O)C3O[C@@H]3OC(CO)[C@@H](O[C@@H]4OC(CO)[C@H](O)[C@H](O)C4O)[C@H](O)C3NC(C)=O)[C@@H]2O)OC(CO)[C@@H](O)[C@@H]1O. The molecule has 10 aliphatic heterocycles. The van der Waals surface area contributed by atoms with Gasteiger partial charge in [-0.15, -0.1) is 0 Å². The highest BCUT2D eigenvalue weighted by Gasteiger charge is 2.62. The summed E-state index contributed by atoms with van der Waals surface area (Å²) in [5, 5.41) is 312. The summed E-state index contributed by atoms with van der Waals surface area (Å²) in [6.45, 7) is -4.52. The van der Waals surface area contributed by atoms with Crippen LogP contribution in [0.25, 0.3) is 0 Å². The first-order valence-electron chi connectivity index (χ1n) is 41.4. The molecule has 0 bridgehead atoms. The molecule has 0 aromatic heterocycles. The lowest BCUT2D eigenvalue weighted by Crippen LogP contribution is -2.71. The number of carbonyl (C=O) groups excluding carboxylic acids is 5. The van der Waals surface area contributed by atoms with E-state index in [9.17, 15) is 162 Å². The first-order valence-corrected chi connectivity index (χ1v) is 41.4. The Kier molecular flexibility index (Phi) is 38.5. The van der Waals surface area contributed by atoms with Crippen molar-refractivity contribution in [2.24, 2.45) is 5.92 Å². The number of aliphatic hydroxyl groups excluding tert-OH is 27. The van der Waals surface area contributed by atoms with Crippen LogP contribution in [-0.4, -0.2) is 540 Å². The zero-order chi connectivity index (χ0) is 95.1. The van der Waals surface area contributed by atoms with Crippen LogP contribution in [0.3, 0.4) is 0 Å².